The zero-order valence-corrected chi connectivity index (χ0v) is 14.6. The Bertz CT molecular complexity index is 856. The number of hydrogen-bond acceptors (Lipinski definition) is 6. The average Bonchev–Trinajstić information content (AvgIpc) is 3.04. The fraction of sp³-hybridized carbons (Fsp3) is 0.250. The smallest absolute Gasteiger partial charge is 0.317 e. The Morgan fingerprint density at radius 3 is 2.81 bits per heavy atom. The number of hydrazine groups is 2. The molecule has 0 radical (unpaired) electrons. The third-order valence-electron chi connectivity index (χ3n) is 3.58. The molecule has 26 heavy (non-hydrogen) atoms. The number of halogens is 4. The van der Waals surface area contributed by atoms with Crippen molar-refractivity contribution in [3.05, 3.63) is 58.4 Å². The highest BCUT2D eigenvalue weighted by Gasteiger charge is 2.28. The lowest BCUT2D eigenvalue weighted by molar-refractivity contribution is 0.0176. The van der Waals surface area contributed by atoms with Crippen molar-refractivity contribution in [1.82, 2.24) is 20.9 Å². The predicted molar refractivity (Wildman–Crippen MR) is 90.1 cm³/mol. The van der Waals surface area contributed by atoms with Gasteiger partial charge in [0.25, 0.3) is 5.92 Å². The lowest BCUT2D eigenvalue weighted by atomic mass is 10.1. The Hall–Kier alpha value is -2.52. The number of nitrogens with one attached hydrogen (secondary N) is 2. The maximum absolute atomic E-state index is 13.6. The summed E-state index contributed by atoms with van der Waals surface area (Å²) in [6, 6.07) is 4.33. The molecule has 0 saturated carbocycles. The molecule has 2 aromatic rings. The fourth-order valence-electron chi connectivity index (χ4n) is 2.21. The molecular weight excluding hydrogens is 371 g/mol. The molecule has 138 valence electrons. The average molecular weight is 386 g/mol. The number of nitrogens with zero attached hydrogens (tertiary/aromatic N) is 3. The Labute approximate surface area is 152 Å². The van der Waals surface area contributed by atoms with Gasteiger partial charge in [-0.15, -0.1) is 5.53 Å². The Kier molecular flexibility index (Phi) is 4.92. The van der Waals surface area contributed by atoms with E-state index in [1.54, 1.807) is 12.3 Å². The van der Waals surface area contributed by atoms with E-state index >= 15 is 0 Å². The molecule has 1 aromatic carbocycles. The van der Waals surface area contributed by atoms with E-state index < -0.39 is 11.7 Å². The number of aromatic nitrogens is 2. The van der Waals surface area contributed by atoms with E-state index in [1.807, 2.05) is 0 Å². The summed E-state index contributed by atoms with van der Waals surface area (Å²) in [5.74, 6) is -3.58. The van der Waals surface area contributed by atoms with Gasteiger partial charge in [-0.25, -0.2) is 18.2 Å². The van der Waals surface area contributed by atoms with Gasteiger partial charge in [0.1, 0.15) is 6.61 Å². The Balaban J connectivity index is 1.70. The van der Waals surface area contributed by atoms with Crippen LogP contribution >= 0.6 is 11.6 Å². The van der Waals surface area contributed by atoms with E-state index in [0.29, 0.717) is 11.4 Å². The summed E-state index contributed by atoms with van der Waals surface area (Å²) < 4.78 is 45.7. The van der Waals surface area contributed by atoms with Crippen LogP contribution in [0.15, 0.2) is 36.3 Å². The molecule has 0 aliphatic carbocycles. The molecule has 10 heteroatoms. The van der Waals surface area contributed by atoms with E-state index in [9.17, 15) is 13.2 Å². The minimum atomic E-state index is -3.06. The van der Waals surface area contributed by atoms with E-state index in [1.165, 1.54) is 24.1 Å². The first-order chi connectivity index (χ1) is 12.2. The maximum atomic E-state index is 13.6. The van der Waals surface area contributed by atoms with E-state index in [2.05, 4.69) is 20.9 Å². The van der Waals surface area contributed by atoms with Crippen LogP contribution in [0.4, 0.5) is 18.9 Å². The molecule has 1 aliphatic rings. The molecule has 1 aromatic heterocycles. The first-order valence-electron chi connectivity index (χ1n) is 7.55. The van der Waals surface area contributed by atoms with Crippen LogP contribution in [0.5, 0.6) is 6.01 Å². The SMILES string of the molecule is Cc1nc(OCC2=CN(c3ccc(Cl)c(C(C)(F)F)c3)NN2)ncc1F. The van der Waals surface area contributed by atoms with Crippen LogP contribution in [-0.4, -0.2) is 16.6 Å². The molecule has 3 rings (SSSR count). The number of hydrogen-bond donors (Lipinski definition) is 2. The molecule has 1 aliphatic heterocycles. The van der Waals surface area contributed by atoms with Crippen LogP contribution in [-0.2, 0) is 5.92 Å². The summed E-state index contributed by atoms with van der Waals surface area (Å²) in [6.45, 7) is 2.36. The van der Waals surface area contributed by atoms with Gasteiger partial charge >= 0.3 is 6.01 Å². The first-order valence-corrected chi connectivity index (χ1v) is 7.93. The third kappa shape index (κ3) is 4.00. The van der Waals surface area contributed by atoms with Crippen molar-refractivity contribution in [2.45, 2.75) is 19.8 Å². The molecule has 0 atom stereocenters. The molecule has 2 heterocycles. The van der Waals surface area contributed by atoms with Gasteiger partial charge in [0.2, 0.25) is 0 Å². The summed E-state index contributed by atoms with van der Waals surface area (Å²) in [5, 5.41) is 1.49. The largest absolute Gasteiger partial charge is 0.457 e. The third-order valence-corrected chi connectivity index (χ3v) is 3.91. The van der Waals surface area contributed by atoms with Gasteiger partial charge in [0.15, 0.2) is 5.82 Å². The van der Waals surface area contributed by atoms with Crippen molar-refractivity contribution < 1.29 is 17.9 Å². The van der Waals surface area contributed by atoms with Crippen molar-refractivity contribution in [3.8, 4) is 6.01 Å². The van der Waals surface area contributed by atoms with Crippen LogP contribution in [0.25, 0.3) is 0 Å². The maximum Gasteiger partial charge on any atom is 0.317 e. The van der Waals surface area contributed by atoms with Crippen LogP contribution in [0.3, 0.4) is 0 Å². The highest BCUT2D eigenvalue weighted by atomic mass is 35.5. The van der Waals surface area contributed by atoms with Gasteiger partial charge in [-0.3, -0.25) is 5.01 Å². The molecule has 0 amide bonds. The minimum absolute atomic E-state index is 0.00947. The Morgan fingerprint density at radius 1 is 1.35 bits per heavy atom. The second-order valence-corrected chi connectivity index (χ2v) is 6.10. The molecule has 0 saturated heterocycles. The van der Waals surface area contributed by atoms with Gasteiger partial charge in [-0.05, 0) is 25.1 Å². The highest BCUT2D eigenvalue weighted by molar-refractivity contribution is 6.31. The van der Waals surface area contributed by atoms with Crippen molar-refractivity contribution in [1.29, 1.82) is 0 Å². The fourth-order valence-corrected chi connectivity index (χ4v) is 2.49. The van der Waals surface area contributed by atoms with Crippen molar-refractivity contribution in [2.75, 3.05) is 11.6 Å². The summed E-state index contributed by atoms with van der Waals surface area (Å²) in [5.41, 5.74) is 6.60. The second-order valence-electron chi connectivity index (χ2n) is 5.69. The lowest BCUT2D eigenvalue weighted by Gasteiger charge is -2.19. The minimum Gasteiger partial charge on any atom is -0.457 e. The van der Waals surface area contributed by atoms with Gasteiger partial charge in [-0.1, -0.05) is 11.6 Å². The summed E-state index contributed by atoms with van der Waals surface area (Å²) in [6.07, 6.45) is 2.65. The lowest BCUT2D eigenvalue weighted by Crippen LogP contribution is -2.37. The van der Waals surface area contributed by atoms with Crippen molar-refractivity contribution >= 4 is 17.3 Å². The number of aryl methyl sites for hydroxylation is 1. The van der Waals surface area contributed by atoms with Crippen molar-refractivity contribution in [2.24, 2.45) is 0 Å². The van der Waals surface area contributed by atoms with Gasteiger partial charge in [-0.2, -0.15) is 4.98 Å². The molecule has 0 spiro atoms. The molecular formula is C16H15ClF3N5O. The van der Waals surface area contributed by atoms with Crippen LogP contribution in [0, 0.1) is 12.7 Å². The second kappa shape index (κ2) is 7.00. The quantitative estimate of drug-likeness (QED) is 0.822. The van der Waals surface area contributed by atoms with Crippen LogP contribution < -0.4 is 20.7 Å². The number of benzene rings is 1. The van der Waals surface area contributed by atoms with Crippen LogP contribution in [0.2, 0.25) is 5.02 Å². The van der Waals surface area contributed by atoms with Gasteiger partial charge < -0.3 is 10.2 Å². The van der Waals surface area contributed by atoms with Gasteiger partial charge in [0, 0.05) is 23.7 Å². The number of alkyl halides is 2. The summed E-state index contributed by atoms with van der Waals surface area (Å²) in [7, 11) is 0. The van der Waals surface area contributed by atoms with Crippen LogP contribution in [0.1, 0.15) is 18.2 Å². The zero-order chi connectivity index (χ0) is 18.9. The molecule has 0 unspecified atom stereocenters. The standard InChI is InChI=1S/C16H15ClF3N5O/c1-9-14(18)6-21-15(22-9)26-8-10-7-25(24-23-10)11-3-4-13(17)12(5-11)16(2,19)20/h3-7,23-24H,8H2,1-2H3. The Morgan fingerprint density at radius 2 is 2.12 bits per heavy atom. The van der Waals surface area contributed by atoms with Crippen molar-refractivity contribution in [3.63, 3.8) is 0 Å². The monoisotopic (exact) mass is 385 g/mol. The summed E-state index contributed by atoms with van der Waals surface area (Å²) >= 11 is 5.85. The first kappa shape index (κ1) is 18.3. The number of ether oxygens (including phenoxy) is 1. The molecule has 0 fully saturated rings. The number of rotatable bonds is 5. The summed E-state index contributed by atoms with van der Waals surface area (Å²) in [4.78, 5) is 7.59. The van der Waals surface area contributed by atoms with E-state index in [0.717, 1.165) is 13.1 Å². The molecule has 6 nitrogen and oxygen atoms in total. The highest BCUT2D eigenvalue weighted by Crippen LogP contribution is 2.35. The molecule has 2 N–H and O–H groups in total. The zero-order valence-electron chi connectivity index (χ0n) is 13.9. The normalized spacial score (nSPS) is 14.2. The van der Waals surface area contributed by atoms with E-state index in [4.69, 9.17) is 16.3 Å². The predicted octanol–water partition coefficient (Wildman–Crippen LogP) is 3.44. The molecule has 0 bridgehead atoms. The topological polar surface area (TPSA) is 62.3 Å². The number of anilines is 1. The van der Waals surface area contributed by atoms with E-state index in [-0.39, 0.29) is 28.9 Å². The van der Waals surface area contributed by atoms with Gasteiger partial charge in [0.05, 0.1) is 23.3 Å².